The van der Waals surface area contributed by atoms with Crippen molar-refractivity contribution < 1.29 is 4.74 Å². The van der Waals surface area contributed by atoms with Crippen LogP contribution in [0.3, 0.4) is 0 Å². The normalized spacial score (nSPS) is 18.4. The number of pyridine rings is 1. The molecular weight excluding hydrogens is 238 g/mol. The molecule has 0 amide bonds. The van der Waals surface area contributed by atoms with Crippen LogP contribution >= 0.6 is 0 Å². The monoisotopic (exact) mass is 257 g/mol. The summed E-state index contributed by atoms with van der Waals surface area (Å²) in [6.45, 7) is 4.45. The molecule has 0 aliphatic carbocycles. The molecule has 3 rings (SSSR count). The van der Waals surface area contributed by atoms with Crippen molar-refractivity contribution in [2.45, 2.75) is 39.2 Å². The average Bonchev–Trinajstić information content (AvgIpc) is 2.37. The van der Waals surface area contributed by atoms with E-state index in [2.05, 4.69) is 18.8 Å². The van der Waals surface area contributed by atoms with Crippen LogP contribution in [0.5, 0.6) is 5.75 Å². The molecule has 1 atom stereocenters. The Kier molecular flexibility index (Phi) is 3.05. The predicted molar refractivity (Wildman–Crippen MR) is 76.8 cm³/mol. The van der Waals surface area contributed by atoms with E-state index in [0.29, 0.717) is 12.0 Å². The van der Waals surface area contributed by atoms with Crippen molar-refractivity contribution in [1.82, 2.24) is 4.98 Å². The van der Waals surface area contributed by atoms with Gasteiger partial charge in [0.15, 0.2) is 0 Å². The second kappa shape index (κ2) is 4.72. The molecule has 0 fully saturated rings. The molecule has 1 aromatic heterocycles. The van der Waals surface area contributed by atoms with E-state index in [1.54, 1.807) is 6.07 Å². The molecule has 0 bridgehead atoms. The summed E-state index contributed by atoms with van der Waals surface area (Å²) in [5.74, 6) is 1.64. The predicted octanol–water partition coefficient (Wildman–Crippen LogP) is 3.27. The summed E-state index contributed by atoms with van der Waals surface area (Å²) in [4.78, 5) is 14.2. The fourth-order valence-electron chi connectivity index (χ4n) is 2.88. The Balaban J connectivity index is 1.99. The van der Waals surface area contributed by atoms with Crippen LogP contribution in [0.1, 0.15) is 32.3 Å². The first-order valence-electron chi connectivity index (χ1n) is 6.95. The molecule has 3 heteroatoms. The van der Waals surface area contributed by atoms with Gasteiger partial charge in [-0.3, -0.25) is 4.79 Å². The minimum Gasteiger partial charge on any atom is -0.490 e. The minimum absolute atomic E-state index is 0.0538. The van der Waals surface area contributed by atoms with Gasteiger partial charge in [0.2, 0.25) is 5.56 Å². The van der Waals surface area contributed by atoms with Crippen LogP contribution in [-0.4, -0.2) is 11.1 Å². The fourth-order valence-corrected chi connectivity index (χ4v) is 2.88. The minimum atomic E-state index is -0.0538. The van der Waals surface area contributed by atoms with Gasteiger partial charge in [-0.1, -0.05) is 13.8 Å². The van der Waals surface area contributed by atoms with Crippen molar-refractivity contribution in [2.24, 2.45) is 5.92 Å². The van der Waals surface area contributed by atoms with Gasteiger partial charge in [0, 0.05) is 22.5 Å². The van der Waals surface area contributed by atoms with E-state index in [9.17, 15) is 4.79 Å². The van der Waals surface area contributed by atoms with Crippen LogP contribution in [-0.2, 0) is 6.42 Å². The van der Waals surface area contributed by atoms with Crippen molar-refractivity contribution in [3.05, 3.63) is 40.2 Å². The zero-order valence-electron chi connectivity index (χ0n) is 11.4. The number of aromatic nitrogens is 1. The SMILES string of the molecule is CC(C)CC1CCc2c(ccc3[nH]c(=O)ccc23)O1. The maximum Gasteiger partial charge on any atom is 0.248 e. The lowest BCUT2D eigenvalue weighted by molar-refractivity contribution is 0.150. The van der Waals surface area contributed by atoms with Gasteiger partial charge in [-0.15, -0.1) is 0 Å². The number of benzene rings is 1. The molecule has 0 spiro atoms. The Morgan fingerprint density at radius 3 is 2.95 bits per heavy atom. The number of aryl methyl sites for hydroxylation is 1. The first-order valence-corrected chi connectivity index (χ1v) is 6.95. The number of fused-ring (bicyclic) bond motifs is 3. The summed E-state index contributed by atoms with van der Waals surface area (Å²) in [6, 6.07) is 7.41. The molecule has 2 heterocycles. The van der Waals surface area contributed by atoms with Gasteiger partial charge >= 0.3 is 0 Å². The fraction of sp³-hybridized carbons (Fsp3) is 0.438. The molecule has 1 aliphatic heterocycles. The van der Waals surface area contributed by atoms with Crippen LogP contribution in [0.2, 0.25) is 0 Å². The first kappa shape index (κ1) is 12.3. The third-order valence-corrected chi connectivity index (χ3v) is 3.72. The number of hydrogen-bond acceptors (Lipinski definition) is 2. The van der Waals surface area contributed by atoms with E-state index < -0.39 is 0 Å². The second-order valence-corrected chi connectivity index (χ2v) is 5.73. The van der Waals surface area contributed by atoms with E-state index in [1.165, 1.54) is 5.56 Å². The summed E-state index contributed by atoms with van der Waals surface area (Å²) in [6.07, 6.45) is 3.51. The third-order valence-electron chi connectivity index (χ3n) is 3.72. The zero-order valence-corrected chi connectivity index (χ0v) is 11.4. The Hall–Kier alpha value is -1.77. The van der Waals surface area contributed by atoms with Crippen molar-refractivity contribution in [2.75, 3.05) is 0 Å². The van der Waals surface area contributed by atoms with Crippen LogP contribution in [0.4, 0.5) is 0 Å². The lowest BCUT2D eigenvalue weighted by Crippen LogP contribution is -2.24. The van der Waals surface area contributed by atoms with E-state index in [4.69, 9.17) is 4.74 Å². The van der Waals surface area contributed by atoms with E-state index in [0.717, 1.165) is 35.9 Å². The van der Waals surface area contributed by atoms with Gasteiger partial charge in [-0.05, 0) is 43.4 Å². The number of rotatable bonds is 2. The molecular formula is C16H19NO2. The van der Waals surface area contributed by atoms with E-state index in [1.807, 2.05) is 18.2 Å². The van der Waals surface area contributed by atoms with Gasteiger partial charge in [0.1, 0.15) is 5.75 Å². The van der Waals surface area contributed by atoms with E-state index in [-0.39, 0.29) is 5.56 Å². The molecule has 1 unspecified atom stereocenters. The van der Waals surface area contributed by atoms with Crippen molar-refractivity contribution in [3.63, 3.8) is 0 Å². The van der Waals surface area contributed by atoms with Crippen molar-refractivity contribution in [1.29, 1.82) is 0 Å². The van der Waals surface area contributed by atoms with Crippen LogP contribution < -0.4 is 10.3 Å². The Morgan fingerprint density at radius 1 is 1.32 bits per heavy atom. The maximum atomic E-state index is 11.3. The van der Waals surface area contributed by atoms with Crippen LogP contribution in [0.25, 0.3) is 10.9 Å². The average molecular weight is 257 g/mol. The molecule has 19 heavy (non-hydrogen) atoms. The highest BCUT2D eigenvalue weighted by molar-refractivity contribution is 5.84. The molecule has 1 aliphatic rings. The molecule has 3 nitrogen and oxygen atoms in total. The van der Waals surface area contributed by atoms with Gasteiger partial charge < -0.3 is 9.72 Å². The number of ether oxygens (including phenoxy) is 1. The molecule has 0 saturated carbocycles. The standard InChI is InChI=1S/C16H19NO2/c1-10(2)9-11-3-4-13-12-5-8-16(18)17-14(12)6-7-15(13)19-11/h5-8,10-11H,3-4,9H2,1-2H3,(H,17,18). The van der Waals surface area contributed by atoms with Gasteiger partial charge in [-0.25, -0.2) is 0 Å². The van der Waals surface area contributed by atoms with Gasteiger partial charge in [0.05, 0.1) is 6.10 Å². The lowest BCUT2D eigenvalue weighted by atomic mass is 9.94. The highest BCUT2D eigenvalue weighted by Crippen LogP contribution is 2.34. The number of hydrogen-bond donors (Lipinski definition) is 1. The largest absolute Gasteiger partial charge is 0.490 e. The molecule has 1 N–H and O–H groups in total. The van der Waals surface area contributed by atoms with E-state index >= 15 is 0 Å². The first-order chi connectivity index (χ1) is 9.13. The molecule has 0 saturated heterocycles. The topological polar surface area (TPSA) is 42.1 Å². The highest BCUT2D eigenvalue weighted by atomic mass is 16.5. The zero-order chi connectivity index (χ0) is 13.4. The number of nitrogens with one attached hydrogen (secondary N) is 1. The van der Waals surface area contributed by atoms with Crippen LogP contribution in [0.15, 0.2) is 29.1 Å². The van der Waals surface area contributed by atoms with Crippen molar-refractivity contribution in [3.8, 4) is 5.75 Å². The molecule has 100 valence electrons. The van der Waals surface area contributed by atoms with Gasteiger partial charge in [0.25, 0.3) is 0 Å². The Labute approximate surface area is 112 Å². The van der Waals surface area contributed by atoms with Crippen LogP contribution in [0, 0.1) is 5.92 Å². The molecule has 2 aromatic rings. The maximum absolute atomic E-state index is 11.3. The smallest absolute Gasteiger partial charge is 0.248 e. The highest BCUT2D eigenvalue weighted by Gasteiger charge is 2.22. The molecule has 1 aromatic carbocycles. The second-order valence-electron chi connectivity index (χ2n) is 5.73. The molecule has 0 radical (unpaired) electrons. The summed E-state index contributed by atoms with van der Waals surface area (Å²) in [5, 5.41) is 1.11. The Morgan fingerprint density at radius 2 is 2.16 bits per heavy atom. The summed E-state index contributed by atoms with van der Waals surface area (Å²) >= 11 is 0. The summed E-state index contributed by atoms with van der Waals surface area (Å²) in [7, 11) is 0. The van der Waals surface area contributed by atoms with Gasteiger partial charge in [-0.2, -0.15) is 0 Å². The summed E-state index contributed by atoms with van der Waals surface area (Å²) < 4.78 is 6.09. The van der Waals surface area contributed by atoms with Crippen molar-refractivity contribution >= 4 is 10.9 Å². The lowest BCUT2D eigenvalue weighted by Gasteiger charge is -2.28. The Bertz CT molecular complexity index is 657. The number of H-pyrrole nitrogens is 1. The third kappa shape index (κ3) is 2.37. The summed E-state index contributed by atoms with van der Waals surface area (Å²) in [5.41, 5.74) is 2.08. The number of aromatic amines is 1. The quantitative estimate of drug-likeness (QED) is 0.897.